The molecule has 1 aromatic rings. The molecule has 1 aromatic carbocycles. The number of carbonyl (C=O) groups excluding carboxylic acids is 1. The molecule has 0 aliphatic carbocycles. The molecular weight excluding hydrogens is 302 g/mol. The molecule has 0 bridgehead atoms. The Kier molecular flexibility index (Phi) is 5.45. The fourth-order valence-electron chi connectivity index (χ4n) is 2.67. The van der Waals surface area contributed by atoms with E-state index in [0.717, 1.165) is 12.2 Å². The first-order chi connectivity index (χ1) is 10.5. The van der Waals surface area contributed by atoms with Crippen LogP contribution in [0.1, 0.15) is 37.0 Å². The SMILES string of the molecule is CCCOc1ccc(C(=O)N(CC)C2CCS(=O)(=O)C2)cc1. The van der Waals surface area contributed by atoms with Gasteiger partial charge in [0.05, 0.1) is 18.1 Å². The molecule has 22 heavy (non-hydrogen) atoms. The van der Waals surface area contributed by atoms with E-state index in [4.69, 9.17) is 4.74 Å². The summed E-state index contributed by atoms with van der Waals surface area (Å²) in [7, 11) is -3.00. The topological polar surface area (TPSA) is 63.7 Å². The van der Waals surface area contributed by atoms with E-state index in [-0.39, 0.29) is 23.5 Å². The summed E-state index contributed by atoms with van der Waals surface area (Å²) in [6, 6.07) is 6.82. The van der Waals surface area contributed by atoms with Crippen LogP contribution in [-0.2, 0) is 9.84 Å². The number of benzene rings is 1. The van der Waals surface area contributed by atoms with Crippen molar-refractivity contribution >= 4 is 15.7 Å². The molecule has 0 aromatic heterocycles. The van der Waals surface area contributed by atoms with Gasteiger partial charge in [-0.25, -0.2) is 8.42 Å². The zero-order valence-corrected chi connectivity index (χ0v) is 13.9. The fraction of sp³-hybridized carbons (Fsp3) is 0.562. The molecular formula is C16H23NO4S. The molecule has 1 unspecified atom stereocenters. The van der Waals surface area contributed by atoms with Crippen molar-refractivity contribution in [3.63, 3.8) is 0 Å². The van der Waals surface area contributed by atoms with Crippen LogP contribution in [0.25, 0.3) is 0 Å². The Hall–Kier alpha value is -1.56. The third-order valence-electron chi connectivity index (χ3n) is 3.82. The van der Waals surface area contributed by atoms with Gasteiger partial charge in [-0.3, -0.25) is 4.79 Å². The average molecular weight is 325 g/mol. The van der Waals surface area contributed by atoms with Crippen LogP contribution in [0, 0.1) is 0 Å². The average Bonchev–Trinajstić information content (AvgIpc) is 2.86. The lowest BCUT2D eigenvalue weighted by atomic mass is 10.1. The van der Waals surface area contributed by atoms with Crippen LogP contribution in [0.4, 0.5) is 0 Å². The molecule has 1 saturated heterocycles. The highest BCUT2D eigenvalue weighted by atomic mass is 32.2. The van der Waals surface area contributed by atoms with E-state index in [1.54, 1.807) is 29.2 Å². The van der Waals surface area contributed by atoms with E-state index in [9.17, 15) is 13.2 Å². The number of carbonyl (C=O) groups is 1. The third kappa shape index (κ3) is 4.00. The summed E-state index contributed by atoms with van der Waals surface area (Å²) in [5, 5.41) is 0. The molecule has 122 valence electrons. The molecule has 1 atom stereocenters. The summed E-state index contributed by atoms with van der Waals surface area (Å²) in [5.41, 5.74) is 0.565. The largest absolute Gasteiger partial charge is 0.494 e. The Labute approximate surface area is 132 Å². The Bertz CT molecular complexity index is 610. The van der Waals surface area contributed by atoms with Crippen LogP contribution < -0.4 is 4.74 Å². The molecule has 0 saturated carbocycles. The second kappa shape index (κ2) is 7.13. The Morgan fingerprint density at radius 2 is 1.95 bits per heavy atom. The van der Waals surface area contributed by atoms with Crippen LogP contribution in [0.2, 0.25) is 0 Å². The Morgan fingerprint density at radius 1 is 1.27 bits per heavy atom. The number of hydrogen-bond donors (Lipinski definition) is 0. The van der Waals surface area contributed by atoms with Gasteiger partial charge in [-0.05, 0) is 44.0 Å². The molecule has 1 heterocycles. The van der Waals surface area contributed by atoms with Gasteiger partial charge in [-0.2, -0.15) is 0 Å². The minimum Gasteiger partial charge on any atom is -0.494 e. The maximum atomic E-state index is 12.6. The van der Waals surface area contributed by atoms with Gasteiger partial charge in [0.1, 0.15) is 5.75 Å². The predicted molar refractivity (Wildman–Crippen MR) is 86.0 cm³/mol. The standard InChI is InChI=1S/C16H23NO4S/c1-3-10-21-15-7-5-13(6-8-15)16(18)17(4-2)14-9-11-22(19,20)12-14/h5-8,14H,3-4,9-12H2,1-2H3. The Balaban J connectivity index is 2.08. The quantitative estimate of drug-likeness (QED) is 0.804. The molecule has 6 heteroatoms. The van der Waals surface area contributed by atoms with Crippen molar-refractivity contribution in [1.29, 1.82) is 0 Å². The first kappa shape index (κ1) is 16.8. The third-order valence-corrected chi connectivity index (χ3v) is 5.58. The summed E-state index contributed by atoms with van der Waals surface area (Å²) < 4.78 is 28.7. The van der Waals surface area contributed by atoms with E-state index in [0.29, 0.717) is 25.1 Å². The molecule has 0 spiro atoms. The van der Waals surface area contributed by atoms with Crippen molar-refractivity contribution in [2.75, 3.05) is 24.7 Å². The van der Waals surface area contributed by atoms with Gasteiger partial charge in [-0.1, -0.05) is 6.92 Å². The molecule has 1 fully saturated rings. The second-order valence-electron chi connectivity index (χ2n) is 5.52. The zero-order chi connectivity index (χ0) is 16.2. The predicted octanol–water partition coefficient (Wildman–Crippen LogP) is 2.12. The highest BCUT2D eigenvalue weighted by Gasteiger charge is 2.34. The fourth-order valence-corrected chi connectivity index (χ4v) is 4.40. The lowest BCUT2D eigenvalue weighted by molar-refractivity contribution is 0.0708. The van der Waals surface area contributed by atoms with Crippen molar-refractivity contribution in [1.82, 2.24) is 4.90 Å². The summed E-state index contributed by atoms with van der Waals surface area (Å²) in [4.78, 5) is 14.2. The maximum absolute atomic E-state index is 12.6. The maximum Gasteiger partial charge on any atom is 0.254 e. The van der Waals surface area contributed by atoms with Crippen LogP contribution >= 0.6 is 0 Å². The number of amides is 1. The van der Waals surface area contributed by atoms with Gasteiger partial charge in [0.25, 0.3) is 5.91 Å². The molecule has 1 aliphatic heterocycles. The normalized spacial score (nSPS) is 19.8. The number of ether oxygens (including phenoxy) is 1. The van der Waals surface area contributed by atoms with Crippen molar-refractivity contribution in [2.24, 2.45) is 0 Å². The van der Waals surface area contributed by atoms with E-state index < -0.39 is 9.84 Å². The van der Waals surface area contributed by atoms with Crippen molar-refractivity contribution in [3.05, 3.63) is 29.8 Å². The number of nitrogens with zero attached hydrogens (tertiary/aromatic N) is 1. The first-order valence-corrected chi connectivity index (χ1v) is 9.53. The van der Waals surface area contributed by atoms with Gasteiger partial charge in [-0.15, -0.1) is 0 Å². The molecule has 0 N–H and O–H groups in total. The van der Waals surface area contributed by atoms with E-state index in [2.05, 4.69) is 0 Å². The molecule has 0 radical (unpaired) electrons. The van der Waals surface area contributed by atoms with Crippen LogP contribution in [0.5, 0.6) is 5.75 Å². The molecule has 2 rings (SSSR count). The summed E-state index contributed by atoms with van der Waals surface area (Å²) in [5.74, 6) is 0.867. The number of hydrogen-bond acceptors (Lipinski definition) is 4. The first-order valence-electron chi connectivity index (χ1n) is 7.71. The summed E-state index contributed by atoms with van der Waals surface area (Å²) in [6.07, 6.45) is 1.46. The van der Waals surface area contributed by atoms with Gasteiger partial charge in [0.2, 0.25) is 0 Å². The van der Waals surface area contributed by atoms with Crippen molar-refractivity contribution in [3.8, 4) is 5.75 Å². The van der Waals surface area contributed by atoms with Gasteiger partial charge < -0.3 is 9.64 Å². The van der Waals surface area contributed by atoms with Crippen LogP contribution in [0.3, 0.4) is 0 Å². The summed E-state index contributed by atoms with van der Waals surface area (Å²) >= 11 is 0. The number of rotatable bonds is 6. The molecule has 5 nitrogen and oxygen atoms in total. The zero-order valence-electron chi connectivity index (χ0n) is 13.1. The smallest absolute Gasteiger partial charge is 0.254 e. The molecule has 1 amide bonds. The Morgan fingerprint density at radius 3 is 2.45 bits per heavy atom. The van der Waals surface area contributed by atoms with Crippen LogP contribution in [-0.4, -0.2) is 49.9 Å². The van der Waals surface area contributed by atoms with E-state index in [1.165, 1.54) is 0 Å². The van der Waals surface area contributed by atoms with Crippen molar-refractivity contribution in [2.45, 2.75) is 32.7 Å². The van der Waals surface area contributed by atoms with Crippen molar-refractivity contribution < 1.29 is 17.9 Å². The molecule has 1 aliphatic rings. The van der Waals surface area contributed by atoms with Gasteiger partial charge >= 0.3 is 0 Å². The minimum absolute atomic E-state index is 0.0737. The highest BCUT2D eigenvalue weighted by Crippen LogP contribution is 2.21. The van der Waals surface area contributed by atoms with E-state index >= 15 is 0 Å². The second-order valence-corrected chi connectivity index (χ2v) is 7.75. The number of sulfone groups is 1. The van der Waals surface area contributed by atoms with E-state index in [1.807, 2.05) is 13.8 Å². The lowest BCUT2D eigenvalue weighted by Crippen LogP contribution is -2.40. The minimum atomic E-state index is -3.00. The van der Waals surface area contributed by atoms with Crippen LogP contribution in [0.15, 0.2) is 24.3 Å². The lowest BCUT2D eigenvalue weighted by Gasteiger charge is -2.27. The summed E-state index contributed by atoms with van der Waals surface area (Å²) in [6.45, 7) is 5.07. The van der Waals surface area contributed by atoms with Gasteiger partial charge in [0, 0.05) is 18.2 Å². The van der Waals surface area contributed by atoms with Gasteiger partial charge in [0.15, 0.2) is 9.84 Å². The highest BCUT2D eigenvalue weighted by molar-refractivity contribution is 7.91. The monoisotopic (exact) mass is 325 g/mol.